The maximum atomic E-state index is 12.3. The molecule has 2 rings (SSSR count). The molecule has 0 fully saturated rings. The van der Waals surface area contributed by atoms with Crippen LogP contribution in [-0.2, 0) is 10.3 Å². The number of nitrogens with zero attached hydrogens (tertiary/aromatic N) is 1. The minimum absolute atomic E-state index is 0.278. The molecule has 108 valence electrons. The summed E-state index contributed by atoms with van der Waals surface area (Å²) in [6.45, 7) is 2.24. The van der Waals surface area contributed by atoms with Gasteiger partial charge in [-0.25, -0.2) is 0 Å². The summed E-state index contributed by atoms with van der Waals surface area (Å²) in [5.41, 5.74) is 1.08. The number of benzene rings is 1. The molecule has 1 atom stereocenters. The highest BCUT2D eigenvalue weighted by atomic mass is 16.5. The normalized spacial score (nSPS) is 13.2. The van der Waals surface area contributed by atoms with Gasteiger partial charge in [0.1, 0.15) is 11.8 Å². The quantitative estimate of drug-likeness (QED) is 0.882. The van der Waals surface area contributed by atoms with Crippen LogP contribution in [0.15, 0.2) is 42.6 Å². The third-order valence-corrected chi connectivity index (χ3v) is 3.29. The minimum Gasteiger partial charge on any atom is -0.382 e. The summed E-state index contributed by atoms with van der Waals surface area (Å²) in [6.07, 6.45) is 1.51. The predicted octanol–water partition coefficient (Wildman–Crippen LogP) is 2.18. The lowest BCUT2D eigenvalue weighted by molar-refractivity contribution is 0.0782. The summed E-state index contributed by atoms with van der Waals surface area (Å²) in [5, 5.41) is 11.8. The van der Waals surface area contributed by atoms with Crippen molar-refractivity contribution < 1.29 is 9.53 Å². The number of rotatable bonds is 5. The van der Waals surface area contributed by atoms with Gasteiger partial charge in [0.2, 0.25) is 0 Å². The zero-order chi connectivity index (χ0) is 15.3. The first-order valence-corrected chi connectivity index (χ1v) is 6.54. The average molecular weight is 283 g/mol. The van der Waals surface area contributed by atoms with Crippen LogP contribution in [0.1, 0.15) is 28.5 Å². The van der Waals surface area contributed by atoms with Crippen molar-refractivity contribution in [2.24, 2.45) is 0 Å². The summed E-state index contributed by atoms with van der Waals surface area (Å²) in [6, 6.07) is 13.1. The topological polar surface area (TPSA) is 77.9 Å². The van der Waals surface area contributed by atoms with Crippen molar-refractivity contribution in [3.05, 3.63) is 59.4 Å². The number of ether oxygens (including phenoxy) is 1. The molecule has 0 aliphatic carbocycles. The molecule has 0 saturated heterocycles. The number of methoxy groups -OCH3 is 1. The molecule has 0 saturated carbocycles. The van der Waals surface area contributed by atoms with Crippen LogP contribution in [0, 0.1) is 11.3 Å². The standard InChI is InChI=1S/C16H17N3O2/c1-16(11-21-2,13-6-4-3-5-7-13)19-15(20)14-8-12(9-17)10-18-14/h3-8,10,18H,11H2,1-2H3,(H,19,20)/t16-/m1/s1. The van der Waals surface area contributed by atoms with E-state index in [0.717, 1.165) is 5.56 Å². The molecule has 0 aliphatic heterocycles. The zero-order valence-corrected chi connectivity index (χ0v) is 12.0. The van der Waals surface area contributed by atoms with Crippen LogP contribution in [0.5, 0.6) is 0 Å². The first-order valence-electron chi connectivity index (χ1n) is 6.54. The lowest BCUT2D eigenvalue weighted by Crippen LogP contribution is -2.46. The molecule has 0 spiro atoms. The van der Waals surface area contributed by atoms with Gasteiger partial charge in [0.25, 0.3) is 5.91 Å². The number of nitriles is 1. The number of amides is 1. The van der Waals surface area contributed by atoms with Crippen LogP contribution in [0.2, 0.25) is 0 Å². The zero-order valence-electron chi connectivity index (χ0n) is 12.0. The molecular formula is C16H17N3O2. The van der Waals surface area contributed by atoms with Crippen LogP contribution in [0.3, 0.4) is 0 Å². The Morgan fingerprint density at radius 1 is 1.43 bits per heavy atom. The summed E-state index contributed by atoms with van der Waals surface area (Å²) in [7, 11) is 1.59. The second kappa shape index (κ2) is 6.25. The van der Waals surface area contributed by atoms with E-state index in [1.54, 1.807) is 7.11 Å². The fourth-order valence-electron chi connectivity index (χ4n) is 2.19. The average Bonchev–Trinajstić information content (AvgIpc) is 2.97. The van der Waals surface area contributed by atoms with Gasteiger partial charge in [0.05, 0.1) is 17.7 Å². The van der Waals surface area contributed by atoms with Crippen LogP contribution in [0.4, 0.5) is 0 Å². The monoisotopic (exact) mass is 283 g/mol. The molecule has 2 N–H and O–H groups in total. The van der Waals surface area contributed by atoms with Crippen molar-refractivity contribution in [2.45, 2.75) is 12.5 Å². The van der Waals surface area contributed by atoms with E-state index in [-0.39, 0.29) is 5.91 Å². The second-order valence-electron chi connectivity index (χ2n) is 5.00. The molecule has 5 nitrogen and oxygen atoms in total. The Balaban J connectivity index is 2.24. The van der Waals surface area contributed by atoms with Gasteiger partial charge in [-0.05, 0) is 18.6 Å². The number of carbonyl (C=O) groups excluding carboxylic acids is 1. The molecule has 1 aromatic heterocycles. The summed E-state index contributed by atoms with van der Waals surface area (Å²) < 4.78 is 5.25. The highest BCUT2D eigenvalue weighted by Crippen LogP contribution is 2.21. The summed E-state index contributed by atoms with van der Waals surface area (Å²) in [4.78, 5) is 15.1. The van der Waals surface area contributed by atoms with E-state index in [0.29, 0.717) is 17.9 Å². The van der Waals surface area contributed by atoms with Gasteiger partial charge in [0.15, 0.2) is 0 Å². The lowest BCUT2D eigenvalue weighted by Gasteiger charge is -2.30. The number of carbonyl (C=O) groups is 1. The first-order chi connectivity index (χ1) is 10.1. The van der Waals surface area contributed by atoms with Crippen LogP contribution in [0.25, 0.3) is 0 Å². The highest BCUT2D eigenvalue weighted by Gasteiger charge is 2.29. The molecule has 0 radical (unpaired) electrons. The maximum absolute atomic E-state index is 12.3. The van der Waals surface area contributed by atoms with Crippen molar-refractivity contribution in [3.63, 3.8) is 0 Å². The Morgan fingerprint density at radius 2 is 2.14 bits per heavy atom. The number of aromatic nitrogens is 1. The minimum atomic E-state index is -0.648. The molecule has 21 heavy (non-hydrogen) atoms. The number of nitrogens with one attached hydrogen (secondary N) is 2. The maximum Gasteiger partial charge on any atom is 0.268 e. The van der Waals surface area contributed by atoms with Crippen molar-refractivity contribution in [2.75, 3.05) is 13.7 Å². The fraction of sp³-hybridized carbons (Fsp3) is 0.250. The Morgan fingerprint density at radius 3 is 2.71 bits per heavy atom. The SMILES string of the molecule is COC[C@@](C)(NC(=O)c1cc(C#N)c[nH]1)c1ccccc1. The Labute approximate surface area is 123 Å². The number of hydrogen-bond acceptors (Lipinski definition) is 3. The number of H-pyrrole nitrogens is 1. The van der Waals surface area contributed by atoms with E-state index in [9.17, 15) is 4.79 Å². The van der Waals surface area contributed by atoms with E-state index < -0.39 is 5.54 Å². The third-order valence-electron chi connectivity index (χ3n) is 3.29. The van der Waals surface area contributed by atoms with Gasteiger partial charge < -0.3 is 15.0 Å². The molecule has 1 amide bonds. The Hall–Kier alpha value is -2.58. The van der Waals surface area contributed by atoms with Crippen LogP contribution < -0.4 is 5.32 Å². The first kappa shape index (κ1) is 14.8. The van der Waals surface area contributed by atoms with Gasteiger partial charge >= 0.3 is 0 Å². The smallest absolute Gasteiger partial charge is 0.268 e. The van der Waals surface area contributed by atoms with Crippen molar-refractivity contribution in [3.8, 4) is 6.07 Å². The second-order valence-corrected chi connectivity index (χ2v) is 5.00. The van der Waals surface area contributed by atoms with Gasteiger partial charge in [-0.2, -0.15) is 5.26 Å². The Bertz CT molecular complexity index is 658. The number of aromatic amines is 1. The van der Waals surface area contributed by atoms with Crippen molar-refractivity contribution in [1.82, 2.24) is 10.3 Å². The van der Waals surface area contributed by atoms with Crippen LogP contribution >= 0.6 is 0 Å². The van der Waals surface area contributed by atoms with Crippen molar-refractivity contribution >= 4 is 5.91 Å². The molecule has 0 aliphatic rings. The van der Waals surface area contributed by atoms with E-state index in [1.165, 1.54) is 12.3 Å². The summed E-state index contributed by atoms with van der Waals surface area (Å²) in [5.74, 6) is -0.278. The third kappa shape index (κ3) is 3.30. The van der Waals surface area contributed by atoms with Crippen LogP contribution in [-0.4, -0.2) is 24.6 Å². The van der Waals surface area contributed by atoms with E-state index in [2.05, 4.69) is 10.3 Å². The van der Waals surface area contributed by atoms with Gasteiger partial charge in [-0.1, -0.05) is 30.3 Å². The molecule has 1 aromatic carbocycles. The molecule has 0 unspecified atom stereocenters. The van der Waals surface area contributed by atoms with E-state index in [4.69, 9.17) is 10.00 Å². The molecule has 1 heterocycles. The summed E-state index contributed by atoms with van der Waals surface area (Å²) >= 11 is 0. The van der Waals surface area contributed by atoms with E-state index >= 15 is 0 Å². The number of hydrogen-bond donors (Lipinski definition) is 2. The van der Waals surface area contributed by atoms with Gasteiger partial charge in [-0.3, -0.25) is 4.79 Å². The lowest BCUT2D eigenvalue weighted by atomic mass is 9.92. The predicted molar refractivity (Wildman–Crippen MR) is 78.6 cm³/mol. The molecule has 5 heteroatoms. The largest absolute Gasteiger partial charge is 0.382 e. The van der Waals surface area contributed by atoms with Crippen molar-refractivity contribution in [1.29, 1.82) is 5.26 Å². The Kier molecular flexibility index (Phi) is 4.41. The molecular weight excluding hydrogens is 266 g/mol. The highest BCUT2D eigenvalue weighted by molar-refractivity contribution is 5.93. The molecule has 2 aromatic rings. The van der Waals surface area contributed by atoms with Gasteiger partial charge in [-0.15, -0.1) is 0 Å². The molecule has 0 bridgehead atoms. The fourth-order valence-corrected chi connectivity index (χ4v) is 2.19. The van der Waals surface area contributed by atoms with Gasteiger partial charge in [0, 0.05) is 13.3 Å². The van der Waals surface area contributed by atoms with E-state index in [1.807, 2.05) is 43.3 Å².